The fourth-order valence-corrected chi connectivity index (χ4v) is 4.05. The number of esters is 1. The number of nitrogens with one attached hydrogen (secondary N) is 1. The molecule has 0 saturated carbocycles. The van der Waals surface area contributed by atoms with Crippen LogP contribution in [0.4, 0.5) is 0 Å². The Bertz CT molecular complexity index is 668. The largest absolute Gasteiger partial charge is 0.467 e. The second-order valence-electron chi connectivity index (χ2n) is 5.35. The van der Waals surface area contributed by atoms with Crippen molar-refractivity contribution in [3.63, 3.8) is 0 Å². The predicted octanol–water partition coefficient (Wildman–Crippen LogP) is 0.798. The molecule has 2 fully saturated rings. The van der Waals surface area contributed by atoms with Gasteiger partial charge >= 0.3 is 5.97 Å². The Morgan fingerprint density at radius 1 is 1.35 bits per heavy atom. The van der Waals surface area contributed by atoms with Gasteiger partial charge in [-0.1, -0.05) is 24.8 Å². The number of hydrogen-bond acceptors (Lipinski definition) is 5. The number of amides is 2. The quantitative estimate of drug-likeness (QED) is 0.503. The van der Waals surface area contributed by atoms with Gasteiger partial charge in [-0.25, -0.2) is 4.79 Å². The van der Waals surface area contributed by atoms with Gasteiger partial charge in [0, 0.05) is 11.3 Å². The lowest BCUT2D eigenvalue weighted by molar-refractivity contribution is -0.160. The summed E-state index contributed by atoms with van der Waals surface area (Å²) in [7, 11) is 1.28. The Balaban J connectivity index is 1.73. The number of ether oxygens (including phenoxy) is 1. The molecule has 2 aliphatic heterocycles. The first-order valence-electron chi connectivity index (χ1n) is 7.09. The molecule has 0 aliphatic carbocycles. The highest BCUT2D eigenvalue weighted by Gasteiger charge is 2.56. The van der Waals surface area contributed by atoms with Gasteiger partial charge in [-0.3, -0.25) is 9.59 Å². The summed E-state index contributed by atoms with van der Waals surface area (Å²) in [6, 6.07) is 7.31. The third-order valence-electron chi connectivity index (χ3n) is 3.93. The van der Waals surface area contributed by atoms with Crippen molar-refractivity contribution in [2.75, 3.05) is 12.9 Å². The van der Waals surface area contributed by atoms with Crippen LogP contribution in [0.3, 0.4) is 0 Å². The highest BCUT2D eigenvalue weighted by atomic mass is 32.2. The number of nitrogens with zero attached hydrogens (tertiary/aromatic N) is 1. The van der Waals surface area contributed by atoms with Crippen LogP contribution >= 0.6 is 11.8 Å². The molecule has 1 aromatic carbocycles. The summed E-state index contributed by atoms with van der Waals surface area (Å²) in [5.74, 6) is -0.543. The fourth-order valence-electron chi connectivity index (χ4n) is 2.74. The maximum Gasteiger partial charge on any atom is 0.332 e. The summed E-state index contributed by atoms with van der Waals surface area (Å²) in [6.07, 6.45) is 0. The highest BCUT2D eigenvalue weighted by Crippen LogP contribution is 2.40. The number of β-lactam (4-membered cyclic amide) rings is 1. The number of rotatable bonds is 3. The maximum atomic E-state index is 12.4. The van der Waals surface area contributed by atoms with Gasteiger partial charge in [0.25, 0.3) is 5.91 Å². The third kappa shape index (κ3) is 2.61. The first-order chi connectivity index (χ1) is 11.0. The number of carbonyl (C=O) groups is 3. The standard InChI is InChI=1S/C16H16N2O4S/c1-9-8-23-15-11(14(20)18(15)12(9)16(21)22-2)17-13(19)10-6-4-3-5-7-10/h3-7,11-12,15H,1,8H2,2H3,(H,17,19)/t11-,12?,15-/m1/s1. The zero-order chi connectivity index (χ0) is 16.6. The van der Waals surface area contributed by atoms with Crippen molar-refractivity contribution in [2.45, 2.75) is 17.5 Å². The lowest BCUT2D eigenvalue weighted by Gasteiger charge is -2.52. The van der Waals surface area contributed by atoms with Gasteiger partial charge in [0.2, 0.25) is 5.91 Å². The predicted molar refractivity (Wildman–Crippen MR) is 85.7 cm³/mol. The molecule has 3 atom stereocenters. The lowest BCUT2D eigenvalue weighted by atomic mass is 9.98. The Morgan fingerprint density at radius 2 is 2.04 bits per heavy atom. The van der Waals surface area contributed by atoms with E-state index in [0.29, 0.717) is 16.9 Å². The minimum Gasteiger partial charge on any atom is -0.467 e. The van der Waals surface area contributed by atoms with Crippen LogP contribution in [-0.2, 0) is 14.3 Å². The number of thioether (sulfide) groups is 1. The van der Waals surface area contributed by atoms with Crippen molar-refractivity contribution < 1.29 is 19.1 Å². The van der Waals surface area contributed by atoms with E-state index < -0.39 is 18.1 Å². The number of methoxy groups -OCH3 is 1. The van der Waals surface area contributed by atoms with Gasteiger partial charge in [0.05, 0.1) is 7.11 Å². The van der Waals surface area contributed by atoms with Crippen molar-refractivity contribution in [1.82, 2.24) is 10.2 Å². The monoisotopic (exact) mass is 332 g/mol. The molecule has 0 bridgehead atoms. The molecule has 1 N–H and O–H groups in total. The molecule has 2 heterocycles. The highest BCUT2D eigenvalue weighted by molar-refractivity contribution is 8.00. The van der Waals surface area contributed by atoms with Gasteiger partial charge in [-0.05, 0) is 17.7 Å². The van der Waals surface area contributed by atoms with Crippen molar-refractivity contribution in [1.29, 1.82) is 0 Å². The van der Waals surface area contributed by atoms with Crippen LogP contribution in [0.2, 0.25) is 0 Å². The van der Waals surface area contributed by atoms with E-state index in [1.165, 1.54) is 23.8 Å². The lowest BCUT2D eigenvalue weighted by Crippen LogP contribution is -2.74. The Kier molecular flexibility index (Phi) is 4.12. The number of fused-ring (bicyclic) bond motifs is 1. The second-order valence-corrected chi connectivity index (χ2v) is 6.45. The average molecular weight is 332 g/mol. The van der Waals surface area contributed by atoms with Crippen molar-refractivity contribution in [3.05, 3.63) is 48.0 Å². The molecule has 0 aromatic heterocycles. The van der Waals surface area contributed by atoms with Crippen molar-refractivity contribution in [2.24, 2.45) is 0 Å². The van der Waals surface area contributed by atoms with Gasteiger partial charge in [0.1, 0.15) is 11.4 Å². The molecule has 7 heteroatoms. The average Bonchev–Trinajstić information content (AvgIpc) is 2.59. The van der Waals surface area contributed by atoms with E-state index in [4.69, 9.17) is 4.74 Å². The van der Waals surface area contributed by atoms with E-state index in [1.807, 2.05) is 6.07 Å². The molecule has 2 aliphatic rings. The summed E-state index contributed by atoms with van der Waals surface area (Å²) in [5.41, 5.74) is 1.13. The van der Waals surface area contributed by atoms with E-state index in [-0.39, 0.29) is 17.2 Å². The summed E-state index contributed by atoms with van der Waals surface area (Å²) < 4.78 is 4.76. The van der Waals surface area contributed by atoms with Crippen LogP contribution in [-0.4, -0.2) is 53.0 Å². The van der Waals surface area contributed by atoms with Crippen molar-refractivity contribution >= 4 is 29.5 Å². The molecule has 120 valence electrons. The second kappa shape index (κ2) is 6.08. The summed E-state index contributed by atoms with van der Waals surface area (Å²) in [4.78, 5) is 37.9. The molecule has 3 rings (SSSR count). The van der Waals surface area contributed by atoms with Gasteiger partial charge in [0.15, 0.2) is 6.04 Å². The fraction of sp³-hybridized carbons (Fsp3) is 0.312. The molecule has 1 unspecified atom stereocenters. The summed E-state index contributed by atoms with van der Waals surface area (Å²) >= 11 is 1.48. The van der Waals surface area contributed by atoms with Gasteiger partial charge < -0.3 is 15.0 Å². The maximum absolute atomic E-state index is 12.4. The molecule has 0 radical (unpaired) electrons. The third-order valence-corrected chi connectivity index (χ3v) is 5.31. The molecule has 23 heavy (non-hydrogen) atoms. The topological polar surface area (TPSA) is 75.7 Å². The van der Waals surface area contributed by atoms with E-state index >= 15 is 0 Å². The van der Waals surface area contributed by atoms with Crippen LogP contribution < -0.4 is 5.32 Å². The Hall–Kier alpha value is -2.28. The van der Waals surface area contributed by atoms with Gasteiger partial charge in [-0.2, -0.15) is 0 Å². The summed E-state index contributed by atoms with van der Waals surface area (Å²) in [5, 5.41) is 2.47. The minimum absolute atomic E-state index is 0.273. The Morgan fingerprint density at radius 3 is 2.70 bits per heavy atom. The molecule has 2 amide bonds. The molecule has 6 nitrogen and oxygen atoms in total. The first kappa shape index (κ1) is 15.6. The first-order valence-corrected chi connectivity index (χ1v) is 8.14. The van der Waals surface area contributed by atoms with E-state index in [0.717, 1.165) is 0 Å². The van der Waals surface area contributed by atoms with Crippen LogP contribution in [0, 0.1) is 0 Å². The Labute approximate surface area is 137 Å². The SMILES string of the molecule is C=C1CS[C@@H]2[C@H](NC(=O)c3ccccc3)C(=O)N2C1C(=O)OC. The summed E-state index contributed by atoms with van der Waals surface area (Å²) in [6.45, 7) is 3.85. The molecular weight excluding hydrogens is 316 g/mol. The van der Waals surface area contributed by atoms with Crippen LogP contribution in [0.15, 0.2) is 42.5 Å². The van der Waals surface area contributed by atoms with Gasteiger partial charge in [-0.15, -0.1) is 11.8 Å². The zero-order valence-corrected chi connectivity index (χ0v) is 13.3. The zero-order valence-electron chi connectivity index (χ0n) is 12.5. The molecule has 2 saturated heterocycles. The minimum atomic E-state index is -0.761. The number of benzene rings is 1. The number of hydrogen-bond donors (Lipinski definition) is 1. The normalized spacial score (nSPS) is 26.1. The van der Waals surface area contributed by atoms with Crippen LogP contribution in [0.25, 0.3) is 0 Å². The van der Waals surface area contributed by atoms with E-state index in [9.17, 15) is 14.4 Å². The molecule has 1 aromatic rings. The molecular formula is C16H16N2O4S. The number of carbonyl (C=O) groups excluding carboxylic acids is 3. The van der Waals surface area contributed by atoms with Crippen LogP contribution in [0.1, 0.15) is 10.4 Å². The van der Waals surface area contributed by atoms with Crippen LogP contribution in [0.5, 0.6) is 0 Å². The van der Waals surface area contributed by atoms with E-state index in [1.54, 1.807) is 24.3 Å². The smallest absolute Gasteiger partial charge is 0.332 e. The van der Waals surface area contributed by atoms with E-state index in [2.05, 4.69) is 11.9 Å². The van der Waals surface area contributed by atoms with Crippen molar-refractivity contribution in [3.8, 4) is 0 Å². The molecule has 0 spiro atoms.